The lowest BCUT2D eigenvalue weighted by atomic mass is 9.84. The minimum Gasteiger partial charge on any atom is -0.493 e. The number of hydrogen-bond donors (Lipinski definition) is 1. The van der Waals surface area contributed by atoms with Crippen LogP contribution < -0.4 is 10.5 Å². The average molecular weight is 259 g/mol. The number of para-hydroxylation sites is 1. The van der Waals surface area contributed by atoms with Gasteiger partial charge in [0.1, 0.15) is 5.75 Å². The standard InChI is InChI=1S/C17H25NO/c18-16(10-9-13-5-2-1-3-6-13)15-8-4-7-14-11-12-19-17(14)15/h4,7-8,13,16H,1-3,5-6,9-12,18H2. The van der Waals surface area contributed by atoms with E-state index in [0.29, 0.717) is 0 Å². The van der Waals surface area contributed by atoms with Crippen molar-refractivity contribution in [3.63, 3.8) is 0 Å². The molecule has 3 rings (SSSR count). The number of ether oxygens (including phenoxy) is 1. The van der Waals surface area contributed by atoms with E-state index in [-0.39, 0.29) is 6.04 Å². The van der Waals surface area contributed by atoms with Crippen molar-refractivity contribution in [1.29, 1.82) is 0 Å². The van der Waals surface area contributed by atoms with Crippen LogP contribution in [0.25, 0.3) is 0 Å². The fourth-order valence-corrected chi connectivity index (χ4v) is 3.58. The molecule has 1 heterocycles. The van der Waals surface area contributed by atoms with E-state index in [1.807, 2.05) is 0 Å². The van der Waals surface area contributed by atoms with Gasteiger partial charge in [-0.05, 0) is 24.3 Å². The lowest BCUT2D eigenvalue weighted by molar-refractivity contribution is 0.319. The third-order valence-corrected chi connectivity index (χ3v) is 4.75. The van der Waals surface area contributed by atoms with Crippen molar-refractivity contribution in [2.45, 2.75) is 57.4 Å². The van der Waals surface area contributed by atoms with E-state index in [0.717, 1.165) is 31.1 Å². The number of fused-ring (bicyclic) bond motifs is 1. The number of nitrogens with two attached hydrogens (primary N) is 1. The zero-order chi connectivity index (χ0) is 13.1. The molecule has 0 amide bonds. The molecule has 2 aliphatic rings. The molecule has 1 aliphatic heterocycles. The van der Waals surface area contributed by atoms with E-state index in [1.165, 1.54) is 49.7 Å². The smallest absolute Gasteiger partial charge is 0.127 e. The zero-order valence-corrected chi connectivity index (χ0v) is 11.7. The first-order valence-corrected chi connectivity index (χ1v) is 7.85. The van der Waals surface area contributed by atoms with Gasteiger partial charge in [0.2, 0.25) is 0 Å². The van der Waals surface area contributed by atoms with E-state index in [1.54, 1.807) is 0 Å². The maximum Gasteiger partial charge on any atom is 0.127 e. The molecule has 0 saturated heterocycles. The molecule has 1 aromatic carbocycles. The molecule has 0 bridgehead atoms. The van der Waals surface area contributed by atoms with E-state index < -0.39 is 0 Å². The van der Waals surface area contributed by atoms with Crippen LogP contribution in [0.2, 0.25) is 0 Å². The summed E-state index contributed by atoms with van der Waals surface area (Å²) in [5.74, 6) is 2.00. The van der Waals surface area contributed by atoms with Gasteiger partial charge in [0.25, 0.3) is 0 Å². The van der Waals surface area contributed by atoms with Crippen LogP contribution in [0.5, 0.6) is 5.75 Å². The van der Waals surface area contributed by atoms with Crippen molar-refractivity contribution in [3.05, 3.63) is 29.3 Å². The van der Waals surface area contributed by atoms with Crippen molar-refractivity contribution >= 4 is 0 Å². The van der Waals surface area contributed by atoms with Gasteiger partial charge < -0.3 is 10.5 Å². The molecule has 2 heteroatoms. The Morgan fingerprint density at radius 3 is 2.89 bits per heavy atom. The molecule has 19 heavy (non-hydrogen) atoms. The Morgan fingerprint density at radius 1 is 1.21 bits per heavy atom. The molecule has 0 aromatic heterocycles. The Labute approximate surface area is 116 Å². The lowest BCUT2D eigenvalue weighted by Gasteiger charge is -2.23. The molecule has 2 N–H and O–H groups in total. The molecule has 1 aromatic rings. The minimum absolute atomic E-state index is 0.148. The second-order valence-corrected chi connectivity index (χ2v) is 6.12. The summed E-state index contributed by atoms with van der Waals surface area (Å²) in [7, 11) is 0. The van der Waals surface area contributed by atoms with Crippen LogP contribution in [0.4, 0.5) is 0 Å². The fourth-order valence-electron chi connectivity index (χ4n) is 3.58. The van der Waals surface area contributed by atoms with Crippen LogP contribution >= 0.6 is 0 Å². The predicted molar refractivity (Wildman–Crippen MR) is 78.4 cm³/mol. The first-order chi connectivity index (χ1) is 9.34. The first kappa shape index (κ1) is 13.0. The summed E-state index contributed by atoms with van der Waals surface area (Å²) < 4.78 is 5.76. The van der Waals surface area contributed by atoms with Gasteiger partial charge in [-0.25, -0.2) is 0 Å². The highest BCUT2D eigenvalue weighted by molar-refractivity contribution is 5.45. The summed E-state index contributed by atoms with van der Waals surface area (Å²) in [6, 6.07) is 6.59. The largest absolute Gasteiger partial charge is 0.493 e. The third-order valence-electron chi connectivity index (χ3n) is 4.75. The monoisotopic (exact) mass is 259 g/mol. The highest BCUT2D eigenvalue weighted by Gasteiger charge is 2.21. The summed E-state index contributed by atoms with van der Waals surface area (Å²) >= 11 is 0. The molecule has 1 atom stereocenters. The molecule has 1 aliphatic carbocycles. The van der Waals surface area contributed by atoms with E-state index in [2.05, 4.69) is 18.2 Å². The molecular weight excluding hydrogens is 234 g/mol. The van der Waals surface area contributed by atoms with E-state index >= 15 is 0 Å². The molecule has 1 saturated carbocycles. The Balaban J connectivity index is 1.61. The molecule has 104 valence electrons. The Hall–Kier alpha value is -1.02. The van der Waals surface area contributed by atoms with Gasteiger partial charge in [0, 0.05) is 18.0 Å². The van der Waals surface area contributed by atoms with Crippen molar-refractivity contribution in [2.75, 3.05) is 6.61 Å². The van der Waals surface area contributed by atoms with Crippen molar-refractivity contribution in [2.24, 2.45) is 11.7 Å². The first-order valence-electron chi connectivity index (χ1n) is 7.85. The van der Waals surface area contributed by atoms with Crippen LogP contribution in [-0.4, -0.2) is 6.61 Å². The van der Waals surface area contributed by atoms with Gasteiger partial charge in [0.15, 0.2) is 0 Å². The molecule has 2 nitrogen and oxygen atoms in total. The molecule has 0 spiro atoms. The lowest BCUT2D eigenvalue weighted by Crippen LogP contribution is -2.14. The van der Waals surface area contributed by atoms with Crippen LogP contribution in [0.3, 0.4) is 0 Å². The fraction of sp³-hybridized carbons (Fsp3) is 0.647. The van der Waals surface area contributed by atoms with Crippen LogP contribution in [0.1, 0.15) is 62.1 Å². The average Bonchev–Trinajstić information content (AvgIpc) is 2.94. The number of rotatable bonds is 4. The van der Waals surface area contributed by atoms with E-state index in [9.17, 15) is 0 Å². The van der Waals surface area contributed by atoms with Crippen molar-refractivity contribution in [1.82, 2.24) is 0 Å². The van der Waals surface area contributed by atoms with Gasteiger partial charge in [0.05, 0.1) is 6.61 Å². The van der Waals surface area contributed by atoms with E-state index in [4.69, 9.17) is 10.5 Å². The Bertz CT molecular complexity index is 423. The van der Waals surface area contributed by atoms with Crippen molar-refractivity contribution in [3.8, 4) is 5.75 Å². The molecular formula is C17H25NO. The van der Waals surface area contributed by atoms with Crippen LogP contribution in [0, 0.1) is 5.92 Å². The Kier molecular flexibility index (Phi) is 4.07. The Morgan fingerprint density at radius 2 is 2.05 bits per heavy atom. The minimum atomic E-state index is 0.148. The summed E-state index contributed by atoms with van der Waals surface area (Å²) in [5, 5.41) is 0. The molecule has 0 radical (unpaired) electrons. The van der Waals surface area contributed by atoms with Gasteiger partial charge in [-0.1, -0.05) is 50.3 Å². The highest BCUT2D eigenvalue weighted by atomic mass is 16.5. The molecule has 1 unspecified atom stereocenters. The normalized spacial score (nSPS) is 20.9. The number of benzene rings is 1. The summed E-state index contributed by atoms with van der Waals surface area (Å²) in [4.78, 5) is 0. The van der Waals surface area contributed by atoms with Gasteiger partial charge >= 0.3 is 0 Å². The topological polar surface area (TPSA) is 35.2 Å². The highest BCUT2D eigenvalue weighted by Crippen LogP contribution is 2.36. The zero-order valence-electron chi connectivity index (χ0n) is 11.7. The maximum absolute atomic E-state index is 6.41. The second kappa shape index (κ2) is 5.96. The SMILES string of the molecule is NC(CCC1CCCCC1)c1cccc2c1OCC2. The summed E-state index contributed by atoms with van der Waals surface area (Å²) in [5.41, 5.74) is 8.97. The third kappa shape index (κ3) is 2.94. The predicted octanol–water partition coefficient (Wildman–Crippen LogP) is 3.98. The van der Waals surface area contributed by atoms with Gasteiger partial charge in [-0.3, -0.25) is 0 Å². The summed E-state index contributed by atoms with van der Waals surface area (Å²) in [6.07, 6.45) is 10.5. The van der Waals surface area contributed by atoms with Gasteiger partial charge in [-0.2, -0.15) is 0 Å². The second-order valence-electron chi connectivity index (χ2n) is 6.12. The van der Waals surface area contributed by atoms with Crippen LogP contribution in [-0.2, 0) is 6.42 Å². The van der Waals surface area contributed by atoms with Crippen LogP contribution in [0.15, 0.2) is 18.2 Å². The maximum atomic E-state index is 6.41. The quantitative estimate of drug-likeness (QED) is 0.887. The van der Waals surface area contributed by atoms with Crippen molar-refractivity contribution < 1.29 is 4.74 Å². The van der Waals surface area contributed by atoms with Gasteiger partial charge in [-0.15, -0.1) is 0 Å². The molecule has 1 fully saturated rings. The number of hydrogen-bond acceptors (Lipinski definition) is 2. The summed E-state index contributed by atoms with van der Waals surface area (Å²) in [6.45, 7) is 0.821.